The lowest BCUT2D eigenvalue weighted by molar-refractivity contribution is -0.145. The molecule has 3 nitrogen and oxygen atoms in total. The Bertz CT molecular complexity index is 145. The van der Waals surface area contributed by atoms with E-state index in [0.717, 1.165) is 12.3 Å². The number of hydrogen-bond acceptors (Lipinski definition) is 3. The van der Waals surface area contributed by atoms with Gasteiger partial charge in [-0.15, -0.1) is 0 Å². The number of esters is 1. The lowest BCUT2D eigenvalue weighted by Crippen LogP contribution is -2.04. The fourth-order valence-electron chi connectivity index (χ4n) is 0.284. The molecule has 0 atom stereocenters. The van der Waals surface area contributed by atoms with Gasteiger partial charge in [-0.25, -0.2) is 4.79 Å². The number of ketones is 1. The SMILES string of the molecule is O=C1C=COC1=O. The molecule has 36 valence electrons. The molecule has 0 saturated heterocycles. The number of rotatable bonds is 0. The Labute approximate surface area is 39.6 Å². The average molecular weight is 98.1 g/mol. The van der Waals surface area contributed by atoms with Crippen molar-refractivity contribution < 1.29 is 14.3 Å². The number of carbonyl (C=O) groups is 2. The zero-order valence-corrected chi connectivity index (χ0v) is 3.38. The molecule has 1 rings (SSSR count). The zero-order chi connectivity index (χ0) is 5.28. The average Bonchev–Trinajstić information content (AvgIpc) is 1.91. The zero-order valence-electron chi connectivity index (χ0n) is 3.38. The van der Waals surface area contributed by atoms with Crippen molar-refractivity contribution in [1.29, 1.82) is 0 Å². The van der Waals surface area contributed by atoms with Gasteiger partial charge in [-0.05, 0) is 0 Å². The molecule has 0 aromatic carbocycles. The number of cyclic esters (lactones) is 1. The summed E-state index contributed by atoms with van der Waals surface area (Å²) in [5, 5.41) is 0. The predicted octanol–water partition coefficient (Wildman–Crippen LogP) is -0.374. The second-order valence-electron chi connectivity index (χ2n) is 1.07. The van der Waals surface area contributed by atoms with E-state index in [9.17, 15) is 9.59 Å². The molecule has 0 amide bonds. The molecule has 0 radical (unpaired) electrons. The van der Waals surface area contributed by atoms with Crippen LogP contribution in [-0.2, 0) is 14.3 Å². The second kappa shape index (κ2) is 1.18. The van der Waals surface area contributed by atoms with Crippen molar-refractivity contribution in [3.8, 4) is 0 Å². The summed E-state index contributed by atoms with van der Waals surface area (Å²) in [6.07, 6.45) is 2.16. The van der Waals surface area contributed by atoms with Gasteiger partial charge in [0.15, 0.2) is 0 Å². The van der Waals surface area contributed by atoms with E-state index < -0.39 is 11.8 Å². The summed E-state index contributed by atoms with van der Waals surface area (Å²) < 4.78 is 4.10. The van der Waals surface area contributed by atoms with Crippen molar-refractivity contribution in [2.75, 3.05) is 0 Å². The highest BCUT2D eigenvalue weighted by atomic mass is 16.5. The summed E-state index contributed by atoms with van der Waals surface area (Å²) >= 11 is 0. The lowest BCUT2D eigenvalue weighted by atomic mass is 10.4. The van der Waals surface area contributed by atoms with Gasteiger partial charge >= 0.3 is 5.97 Å². The number of ether oxygens (including phenoxy) is 1. The summed E-state index contributed by atoms with van der Waals surface area (Å²) in [6.45, 7) is 0. The fraction of sp³-hybridized carbons (Fsp3) is 0. The van der Waals surface area contributed by atoms with Gasteiger partial charge in [0, 0.05) is 6.08 Å². The largest absolute Gasteiger partial charge is 0.428 e. The minimum atomic E-state index is -0.792. The molecule has 0 aromatic heterocycles. The highest BCUT2D eigenvalue weighted by Gasteiger charge is 2.15. The number of hydrogen-bond donors (Lipinski definition) is 0. The van der Waals surface area contributed by atoms with Crippen LogP contribution in [0.3, 0.4) is 0 Å². The van der Waals surface area contributed by atoms with Crippen LogP contribution < -0.4 is 0 Å². The van der Waals surface area contributed by atoms with Gasteiger partial charge in [-0.2, -0.15) is 0 Å². The molecule has 0 saturated carbocycles. The Kier molecular flexibility index (Phi) is 0.685. The first-order valence-electron chi connectivity index (χ1n) is 1.72. The van der Waals surface area contributed by atoms with E-state index in [1.165, 1.54) is 0 Å². The smallest absolute Gasteiger partial charge is 0.383 e. The summed E-state index contributed by atoms with van der Waals surface area (Å²) in [6, 6.07) is 0. The van der Waals surface area contributed by atoms with Crippen molar-refractivity contribution in [2.24, 2.45) is 0 Å². The normalized spacial score (nSPS) is 17.7. The Hall–Kier alpha value is -1.12. The lowest BCUT2D eigenvalue weighted by Gasteiger charge is -1.77. The van der Waals surface area contributed by atoms with Gasteiger partial charge in [-0.1, -0.05) is 0 Å². The minimum absolute atomic E-state index is 0.583. The number of carbonyl (C=O) groups excluding carboxylic acids is 2. The molecule has 0 bridgehead atoms. The molecule has 0 aromatic rings. The maximum absolute atomic E-state index is 10.0. The maximum Gasteiger partial charge on any atom is 0.383 e. The highest BCUT2D eigenvalue weighted by Crippen LogP contribution is 1.92. The van der Waals surface area contributed by atoms with Crippen LogP contribution in [0.25, 0.3) is 0 Å². The van der Waals surface area contributed by atoms with Crippen LogP contribution in [0.5, 0.6) is 0 Å². The van der Waals surface area contributed by atoms with Crippen molar-refractivity contribution in [3.05, 3.63) is 12.3 Å². The highest BCUT2D eigenvalue weighted by molar-refractivity contribution is 6.40. The molecule has 1 heterocycles. The molecule has 0 fully saturated rings. The van der Waals surface area contributed by atoms with Gasteiger partial charge in [0.05, 0.1) is 6.26 Å². The first-order chi connectivity index (χ1) is 3.30. The van der Waals surface area contributed by atoms with Crippen LogP contribution >= 0.6 is 0 Å². The van der Waals surface area contributed by atoms with Crippen LogP contribution in [0.1, 0.15) is 0 Å². The van der Waals surface area contributed by atoms with Crippen molar-refractivity contribution in [2.45, 2.75) is 0 Å². The van der Waals surface area contributed by atoms with E-state index >= 15 is 0 Å². The third kappa shape index (κ3) is 0.513. The Morgan fingerprint density at radius 3 is 2.29 bits per heavy atom. The summed E-state index contributed by atoms with van der Waals surface area (Å²) in [5.74, 6) is -1.37. The van der Waals surface area contributed by atoms with Gasteiger partial charge in [0.1, 0.15) is 0 Å². The first-order valence-corrected chi connectivity index (χ1v) is 1.72. The van der Waals surface area contributed by atoms with E-state index in [1.54, 1.807) is 0 Å². The summed E-state index contributed by atoms with van der Waals surface area (Å²) in [7, 11) is 0. The van der Waals surface area contributed by atoms with Crippen LogP contribution in [0.15, 0.2) is 12.3 Å². The van der Waals surface area contributed by atoms with E-state index in [2.05, 4.69) is 4.74 Å². The molecule has 0 N–H and O–H groups in total. The van der Waals surface area contributed by atoms with Gasteiger partial charge < -0.3 is 4.74 Å². The molecular weight excluding hydrogens is 96.0 g/mol. The molecule has 7 heavy (non-hydrogen) atoms. The van der Waals surface area contributed by atoms with Gasteiger partial charge in [0.2, 0.25) is 0 Å². The first kappa shape index (κ1) is 4.05. The van der Waals surface area contributed by atoms with E-state index in [-0.39, 0.29) is 0 Å². The standard InChI is InChI=1S/C4H2O3/c5-3-1-2-7-4(3)6/h1-2H. The maximum atomic E-state index is 10.0. The van der Waals surface area contributed by atoms with Crippen molar-refractivity contribution >= 4 is 11.8 Å². The third-order valence-corrected chi connectivity index (χ3v) is 0.596. The van der Waals surface area contributed by atoms with Crippen LogP contribution in [0, 0.1) is 0 Å². The molecular formula is C4H2O3. The second-order valence-corrected chi connectivity index (χ2v) is 1.07. The third-order valence-electron chi connectivity index (χ3n) is 0.596. The van der Waals surface area contributed by atoms with E-state index in [0.29, 0.717) is 0 Å². The molecule has 0 unspecified atom stereocenters. The van der Waals surface area contributed by atoms with Crippen LogP contribution in [0.2, 0.25) is 0 Å². The molecule has 1 aliphatic heterocycles. The quantitative estimate of drug-likeness (QED) is 0.306. The monoisotopic (exact) mass is 98.0 g/mol. The minimum Gasteiger partial charge on any atom is -0.428 e. The van der Waals surface area contributed by atoms with Crippen molar-refractivity contribution in [1.82, 2.24) is 0 Å². The Morgan fingerprint density at radius 2 is 2.14 bits per heavy atom. The van der Waals surface area contributed by atoms with Gasteiger partial charge in [0.25, 0.3) is 5.78 Å². The molecule has 1 aliphatic rings. The topological polar surface area (TPSA) is 43.4 Å². The van der Waals surface area contributed by atoms with E-state index in [4.69, 9.17) is 0 Å². The molecule has 0 aliphatic carbocycles. The summed E-state index contributed by atoms with van der Waals surface area (Å²) in [5.41, 5.74) is 0. The van der Waals surface area contributed by atoms with Crippen molar-refractivity contribution in [3.63, 3.8) is 0 Å². The summed E-state index contributed by atoms with van der Waals surface area (Å²) in [4.78, 5) is 20.0. The Morgan fingerprint density at radius 1 is 1.43 bits per heavy atom. The molecule has 0 spiro atoms. The van der Waals surface area contributed by atoms with E-state index in [1.807, 2.05) is 0 Å². The fourth-order valence-corrected chi connectivity index (χ4v) is 0.284. The predicted molar refractivity (Wildman–Crippen MR) is 20.2 cm³/mol. The Balaban J connectivity index is 2.81. The van der Waals surface area contributed by atoms with Gasteiger partial charge in [-0.3, -0.25) is 4.79 Å². The van der Waals surface area contributed by atoms with Crippen LogP contribution in [-0.4, -0.2) is 11.8 Å². The van der Waals surface area contributed by atoms with Crippen LogP contribution in [0.4, 0.5) is 0 Å². The molecule has 3 heteroatoms.